The zero-order chi connectivity index (χ0) is 11.4. The fourth-order valence-corrected chi connectivity index (χ4v) is 1.53. The number of nitrogens with one attached hydrogen (secondary N) is 1. The largest absolute Gasteiger partial charge is 0.371 e. The molecule has 0 fully saturated rings. The van der Waals surface area contributed by atoms with Crippen LogP contribution in [0.25, 0.3) is 0 Å². The highest BCUT2D eigenvalue weighted by Crippen LogP contribution is 2.21. The maximum atomic E-state index is 13.3. The summed E-state index contributed by atoms with van der Waals surface area (Å²) in [6.45, 7) is 1.80. The van der Waals surface area contributed by atoms with E-state index in [0.29, 0.717) is 6.42 Å². The lowest BCUT2D eigenvalue weighted by atomic mass is 10.2. The van der Waals surface area contributed by atoms with Crippen LogP contribution in [0.4, 0.5) is 10.1 Å². The highest BCUT2D eigenvalue weighted by atomic mass is 79.9. The first-order valence-electron chi connectivity index (χ1n) is 4.55. The van der Waals surface area contributed by atoms with Crippen LogP contribution in [0.15, 0.2) is 22.7 Å². The van der Waals surface area contributed by atoms with E-state index in [1.54, 1.807) is 19.1 Å². The zero-order valence-corrected chi connectivity index (χ0v) is 9.84. The van der Waals surface area contributed by atoms with Gasteiger partial charge in [-0.05, 0) is 24.6 Å². The number of hydrogen-bond donors (Lipinski definition) is 2. The van der Waals surface area contributed by atoms with Crippen LogP contribution in [0.5, 0.6) is 0 Å². The summed E-state index contributed by atoms with van der Waals surface area (Å²) in [4.78, 5) is 11.0. The smallest absolute Gasteiger partial charge is 0.239 e. The predicted molar refractivity (Wildman–Crippen MR) is 61.0 cm³/mol. The summed E-state index contributed by atoms with van der Waals surface area (Å²) in [5, 5.41) is 2.76. The molecular formula is C10H12BrFN2O. The molecule has 1 atom stereocenters. The summed E-state index contributed by atoms with van der Waals surface area (Å²) < 4.78 is 14.0. The van der Waals surface area contributed by atoms with E-state index in [2.05, 4.69) is 21.2 Å². The molecule has 5 heteroatoms. The van der Waals surface area contributed by atoms with Crippen LogP contribution in [0.2, 0.25) is 0 Å². The second-order valence-electron chi connectivity index (χ2n) is 3.13. The molecule has 1 unspecified atom stereocenters. The van der Waals surface area contributed by atoms with Crippen molar-refractivity contribution in [3.63, 3.8) is 0 Å². The molecule has 3 N–H and O–H groups in total. The molecule has 0 aliphatic carbocycles. The standard InChI is InChI=1S/C10H12BrFN2O/c1-2-8(10(13)15)14-9-5-6(11)3-4-7(9)12/h3-5,8,14H,2H2,1H3,(H2,13,15). The Bertz CT molecular complexity index is 370. The normalized spacial score (nSPS) is 12.2. The molecule has 0 radical (unpaired) electrons. The molecule has 0 aromatic heterocycles. The van der Waals surface area contributed by atoms with E-state index in [9.17, 15) is 9.18 Å². The lowest BCUT2D eigenvalue weighted by molar-refractivity contribution is -0.118. The highest BCUT2D eigenvalue weighted by Gasteiger charge is 2.14. The average molecular weight is 275 g/mol. The van der Waals surface area contributed by atoms with Crippen molar-refractivity contribution in [2.45, 2.75) is 19.4 Å². The second-order valence-corrected chi connectivity index (χ2v) is 4.05. The monoisotopic (exact) mass is 274 g/mol. The number of rotatable bonds is 4. The van der Waals surface area contributed by atoms with Gasteiger partial charge in [0.2, 0.25) is 5.91 Å². The van der Waals surface area contributed by atoms with Crippen molar-refractivity contribution in [1.29, 1.82) is 0 Å². The van der Waals surface area contributed by atoms with Crippen LogP contribution in [0, 0.1) is 5.82 Å². The van der Waals surface area contributed by atoms with Crippen LogP contribution in [0.3, 0.4) is 0 Å². The van der Waals surface area contributed by atoms with Gasteiger partial charge in [-0.3, -0.25) is 4.79 Å². The summed E-state index contributed by atoms with van der Waals surface area (Å²) in [5.41, 5.74) is 5.42. The SMILES string of the molecule is CCC(Nc1cc(Br)ccc1F)C(N)=O. The second kappa shape index (κ2) is 5.11. The molecule has 0 spiro atoms. The van der Waals surface area contributed by atoms with Gasteiger partial charge in [-0.25, -0.2) is 4.39 Å². The van der Waals surface area contributed by atoms with Crippen LogP contribution >= 0.6 is 15.9 Å². The van der Waals surface area contributed by atoms with Gasteiger partial charge in [0, 0.05) is 4.47 Å². The van der Waals surface area contributed by atoms with Gasteiger partial charge in [-0.1, -0.05) is 22.9 Å². The van der Waals surface area contributed by atoms with Gasteiger partial charge in [0.1, 0.15) is 11.9 Å². The number of nitrogens with two attached hydrogens (primary N) is 1. The van der Waals surface area contributed by atoms with Gasteiger partial charge in [-0.15, -0.1) is 0 Å². The van der Waals surface area contributed by atoms with Crippen molar-refractivity contribution in [3.05, 3.63) is 28.5 Å². The van der Waals surface area contributed by atoms with Crippen molar-refractivity contribution in [1.82, 2.24) is 0 Å². The van der Waals surface area contributed by atoms with E-state index in [4.69, 9.17) is 5.73 Å². The Morgan fingerprint density at radius 1 is 1.67 bits per heavy atom. The van der Waals surface area contributed by atoms with Crippen molar-refractivity contribution >= 4 is 27.5 Å². The Kier molecular flexibility index (Phi) is 4.08. The number of hydrogen-bond acceptors (Lipinski definition) is 2. The minimum absolute atomic E-state index is 0.273. The van der Waals surface area contributed by atoms with Gasteiger partial charge in [0.15, 0.2) is 0 Å². The molecule has 82 valence electrons. The van der Waals surface area contributed by atoms with Crippen LogP contribution in [-0.2, 0) is 4.79 Å². The third kappa shape index (κ3) is 3.20. The third-order valence-corrected chi connectivity index (χ3v) is 2.50. The predicted octanol–water partition coefficient (Wildman–Crippen LogP) is 2.26. The zero-order valence-electron chi connectivity index (χ0n) is 8.26. The van der Waals surface area contributed by atoms with E-state index in [1.165, 1.54) is 6.07 Å². The molecule has 1 aromatic rings. The van der Waals surface area contributed by atoms with Crippen LogP contribution in [0.1, 0.15) is 13.3 Å². The molecule has 0 aliphatic rings. The molecule has 0 bridgehead atoms. The van der Waals surface area contributed by atoms with E-state index in [-0.39, 0.29) is 5.69 Å². The van der Waals surface area contributed by atoms with Crippen molar-refractivity contribution in [2.75, 3.05) is 5.32 Å². The topological polar surface area (TPSA) is 55.1 Å². The lowest BCUT2D eigenvalue weighted by Crippen LogP contribution is -2.35. The molecule has 0 saturated heterocycles. The molecule has 15 heavy (non-hydrogen) atoms. The fourth-order valence-electron chi connectivity index (χ4n) is 1.17. The van der Waals surface area contributed by atoms with Gasteiger partial charge in [0.05, 0.1) is 5.69 Å². The summed E-state index contributed by atoms with van der Waals surface area (Å²) in [7, 11) is 0. The number of carbonyl (C=O) groups excluding carboxylic acids is 1. The van der Waals surface area contributed by atoms with Gasteiger partial charge in [-0.2, -0.15) is 0 Å². The maximum absolute atomic E-state index is 13.3. The van der Waals surface area contributed by atoms with Crippen LogP contribution < -0.4 is 11.1 Å². The molecule has 1 aromatic carbocycles. The first-order valence-corrected chi connectivity index (χ1v) is 5.34. The minimum atomic E-state index is -0.547. The quantitative estimate of drug-likeness (QED) is 0.885. The Labute approximate surface area is 96.0 Å². The van der Waals surface area contributed by atoms with E-state index in [0.717, 1.165) is 4.47 Å². The van der Waals surface area contributed by atoms with E-state index < -0.39 is 17.8 Å². The van der Waals surface area contributed by atoms with Gasteiger partial charge in [0.25, 0.3) is 0 Å². The Morgan fingerprint density at radius 3 is 2.87 bits per heavy atom. The highest BCUT2D eigenvalue weighted by molar-refractivity contribution is 9.10. The number of amides is 1. The fraction of sp³-hybridized carbons (Fsp3) is 0.300. The molecule has 0 heterocycles. The van der Waals surface area contributed by atoms with Crippen molar-refractivity contribution < 1.29 is 9.18 Å². The number of anilines is 1. The van der Waals surface area contributed by atoms with E-state index in [1.807, 2.05) is 0 Å². The van der Waals surface area contributed by atoms with Crippen LogP contribution in [-0.4, -0.2) is 11.9 Å². The summed E-state index contributed by atoms with van der Waals surface area (Å²) in [6, 6.07) is 3.93. The summed E-state index contributed by atoms with van der Waals surface area (Å²) >= 11 is 3.22. The minimum Gasteiger partial charge on any atom is -0.371 e. The van der Waals surface area contributed by atoms with Crippen molar-refractivity contribution in [3.8, 4) is 0 Å². The van der Waals surface area contributed by atoms with Gasteiger partial charge >= 0.3 is 0 Å². The Morgan fingerprint density at radius 2 is 2.33 bits per heavy atom. The summed E-state index contributed by atoms with van der Waals surface area (Å²) in [6.07, 6.45) is 0.515. The summed E-state index contributed by atoms with van der Waals surface area (Å²) in [5.74, 6) is -0.894. The first kappa shape index (κ1) is 12.0. The number of primary amides is 1. The first-order chi connectivity index (χ1) is 7.04. The molecule has 1 amide bonds. The molecule has 3 nitrogen and oxygen atoms in total. The third-order valence-electron chi connectivity index (χ3n) is 2.01. The average Bonchev–Trinajstić information content (AvgIpc) is 2.18. The number of benzene rings is 1. The van der Waals surface area contributed by atoms with E-state index >= 15 is 0 Å². The molecular weight excluding hydrogens is 263 g/mol. The Balaban J connectivity index is 2.87. The van der Waals surface area contributed by atoms with Crippen molar-refractivity contribution in [2.24, 2.45) is 5.73 Å². The molecule has 1 rings (SSSR count). The lowest BCUT2D eigenvalue weighted by Gasteiger charge is -2.15. The molecule has 0 aliphatic heterocycles. The number of halogens is 2. The number of carbonyl (C=O) groups is 1. The maximum Gasteiger partial charge on any atom is 0.239 e. The van der Waals surface area contributed by atoms with Gasteiger partial charge < -0.3 is 11.1 Å². The Hall–Kier alpha value is -1.10. The molecule has 0 saturated carbocycles.